The standard InChI is InChI=1S/C14H27NO2/c1-5-7-12(13(16)17-6-2)15-10-8-14(3,4)9-11-15/h12H,5-11H2,1-4H3. The number of nitrogens with zero attached hydrogens (tertiary/aromatic N) is 1. The molecule has 1 fully saturated rings. The van der Waals surface area contributed by atoms with Crippen molar-refractivity contribution in [3.05, 3.63) is 0 Å². The molecule has 3 heteroatoms. The monoisotopic (exact) mass is 241 g/mol. The minimum Gasteiger partial charge on any atom is -0.465 e. The molecule has 0 amide bonds. The van der Waals surface area contributed by atoms with Crippen LogP contribution in [0.5, 0.6) is 0 Å². The molecule has 17 heavy (non-hydrogen) atoms. The lowest BCUT2D eigenvalue weighted by molar-refractivity contribution is -0.150. The minimum absolute atomic E-state index is 0.0175. The number of rotatable bonds is 5. The summed E-state index contributed by atoms with van der Waals surface area (Å²) in [5.74, 6) is -0.0333. The summed E-state index contributed by atoms with van der Waals surface area (Å²) in [6.45, 7) is 11.2. The van der Waals surface area contributed by atoms with Crippen molar-refractivity contribution in [1.82, 2.24) is 4.90 Å². The van der Waals surface area contributed by atoms with Gasteiger partial charge in [0.1, 0.15) is 6.04 Å². The van der Waals surface area contributed by atoms with Crippen LogP contribution in [-0.2, 0) is 9.53 Å². The van der Waals surface area contributed by atoms with Gasteiger partial charge in [0.25, 0.3) is 0 Å². The Morgan fingerprint density at radius 3 is 2.35 bits per heavy atom. The highest BCUT2D eigenvalue weighted by Gasteiger charge is 2.32. The van der Waals surface area contributed by atoms with Crippen molar-refractivity contribution in [3.8, 4) is 0 Å². The van der Waals surface area contributed by atoms with E-state index in [-0.39, 0.29) is 12.0 Å². The van der Waals surface area contributed by atoms with Crippen LogP contribution in [0, 0.1) is 5.41 Å². The van der Waals surface area contributed by atoms with E-state index in [0.29, 0.717) is 12.0 Å². The van der Waals surface area contributed by atoms with Crippen LogP contribution in [-0.4, -0.2) is 36.6 Å². The second kappa shape index (κ2) is 6.39. The van der Waals surface area contributed by atoms with E-state index < -0.39 is 0 Å². The lowest BCUT2D eigenvalue weighted by Gasteiger charge is -2.40. The van der Waals surface area contributed by atoms with E-state index in [1.165, 1.54) is 12.8 Å². The van der Waals surface area contributed by atoms with Crippen LogP contribution in [0.25, 0.3) is 0 Å². The molecule has 1 aliphatic rings. The molecule has 100 valence electrons. The number of likely N-dealkylation sites (tertiary alicyclic amines) is 1. The van der Waals surface area contributed by atoms with Gasteiger partial charge in [-0.05, 0) is 44.7 Å². The van der Waals surface area contributed by atoms with Crippen LogP contribution in [0.15, 0.2) is 0 Å². The summed E-state index contributed by atoms with van der Waals surface area (Å²) < 4.78 is 5.18. The molecule has 0 spiro atoms. The second-order valence-electron chi connectivity index (χ2n) is 5.76. The smallest absolute Gasteiger partial charge is 0.323 e. The Morgan fingerprint density at radius 1 is 1.29 bits per heavy atom. The van der Waals surface area contributed by atoms with E-state index >= 15 is 0 Å². The summed E-state index contributed by atoms with van der Waals surface area (Å²) in [6, 6.07) is -0.0175. The van der Waals surface area contributed by atoms with Crippen molar-refractivity contribution >= 4 is 5.97 Å². The maximum absolute atomic E-state index is 11.9. The zero-order chi connectivity index (χ0) is 12.9. The molecule has 0 saturated carbocycles. The van der Waals surface area contributed by atoms with E-state index in [9.17, 15) is 4.79 Å². The Hall–Kier alpha value is -0.570. The Morgan fingerprint density at radius 2 is 1.88 bits per heavy atom. The molecule has 0 N–H and O–H groups in total. The third kappa shape index (κ3) is 4.30. The third-order valence-corrected chi connectivity index (χ3v) is 3.71. The number of hydrogen-bond acceptors (Lipinski definition) is 3. The zero-order valence-electron chi connectivity index (χ0n) is 11.8. The average molecular weight is 241 g/mol. The molecule has 1 unspecified atom stereocenters. The maximum atomic E-state index is 11.9. The summed E-state index contributed by atoms with van der Waals surface area (Å²) >= 11 is 0. The number of piperidine rings is 1. The first-order valence-corrected chi connectivity index (χ1v) is 6.91. The van der Waals surface area contributed by atoms with Gasteiger partial charge in [-0.15, -0.1) is 0 Å². The summed E-state index contributed by atoms with van der Waals surface area (Å²) in [4.78, 5) is 14.2. The average Bonchev–Trinajstić information content (AvgIpc) is 2.27. The van der Waals surface area contributed by atoms with Crippen LogP contribution < -0.4 is 0 Å². The molecular formula is C14H27NO2. The van der Waals surface area contributed by atoms with Gasteiger partial charge in [-0.3, -0.25) is 9.69 Å². The summed E-state index contributed by atoms with van der Waals surface area (Å²) in [7, 11) is 0. The molecule has 1 rings (SSSR count). The molecule has 3 nitrogen and oxygen atoms in total. The van der Waals surface area contributed by atoms with Crippen molar-refractivity contribution in [2.24, 2.45) is 5.41 Å². The van der Waals surface area contributed by atoms with E-state index in [0.717, 1.165) is 25.9 Å². The van der Waals surface area contributed by atoms with Gasteiger partial charge in [0, 0.05) is 0 Å². The number of carbonyl (C=O) groups is 1. The Kier molecular flexibility index (Phi) is 5.44. The summed E-state index contributed by atoms with van der Waals surface area (Å²) in [5, 5.41) is 0. The van der Waals surface area contributed by atoms with Gasteiger partial charge in [-0.25, -0.2) is 0 Å². The first-order valence-electron chi connectivity index (χ1n) is 6.91. The predicted octanol–water partition coefficient (Wildman–Crippen LogP) is 2.84. The molecule has 0 radical (unpaired) electrons. The number of carbonyl (C=O) groups excluding carboxylic acids is 1. The lowest BCUT2D eigenvalue weighted by atomic mass is 9.82. The third-order valence-electron chi connectivity index (χ3n) is 3.71. The quantitative estimate of drug-likeness (QED) is 0.693. The molecule has 1 saturated heterocycles. The lowest BCUT2D eigenvalue weighted by Crippen LogP contribution is -2.47. The van der Waals surface area contributed by atoms with E-state index in [4.69, 9.17) is 4.74 Å². The van der Waals surface area contributed by atoms with Gasteiger partial charge in [-0.2, -0.15) is 0 Å². The topological polar surface area (TPSA) is 29.5 Å². The molecule has 0 aromatic heterocycles. The minimum atomic E-state index is -0.0333. The van der Waals surface area contributed by atoms with Gasteiger partial charge in [0.05, 0.1) is 6.61 Å². The van der Waals surface area contributed by atoms with E-state index in [1.807, 2.05) is 6.92 Å². The van der Waals surface area contributed by atoms with Crippen molar-refractivity contribution in [1.29, 1.82) is 0 Å². The summed E-state index contributed by atoms with van der Waals surface area (Å²) in [5.41, 5.74) is 0.432. The predicted molar refractivity (Wildman–Crippen MR) is 69.9 cm³/mol. The van der Waals surface area contributed by atoms with Gasteiger partial charge < -0.3 is 4.74 Å². The maximum Gasteiger partial charge on any atom is 0.323 e. The van der Waals surface area contributed by atoms with Crippen molar-refractivity contribution in [2.75, 3.05) is 19.7 Å². The fourth-order valence-electron chi connectivity index (χ4n) is 2.40. The highest BCUT2D eigenvalue weighted by Crippen LogP contribution is 2.31. The Bertz CT molecular complexity index is 241. The van der Waals surface area contributed by atoms with Crippen molar-refractivity contribution < 1.29 is 9.53 Å². The van der Waals surface area contributed by atoms with Crippen LogP contribution >= 0.6 is 0 Å². The van der Waals surface area contributed by atoms with Gasteiger partial charge >= 0.3 is 5.97 Å². The number of hydrogen-bond donors (Lipinski definition) is 0. The van der Waals surface area contributed by atoms with Crippen LogP contribution in [0.3, 0.4) is 0 Å². The van der Waals surface area contributed by atoms with Crippen LogP contribution in [0.2, 0.25) is 0 Å². The molecular weight excluding hydrogens is 214 g/mol. The SMILES string of the molecule is CCCC(C(=O)OCC)N1CCC(C)(C)CC1. The van der Waals surface area contributed by atoms with Gasteiger partial charge in [0.15, 0.2) is 0 Å². The molecule has 1 atom stereocenters. The first-order chi connectivity index (χ1) is 8.00. The number of esters is 1. The molecule has 0 aliphatic carbocycles. The second-order valence-corrected chi connectivity index (χ2v) is 5.76. The van der Waals surface area contributed by atoms with Crippen molar-refractivity contribution in [2.45, 2.75) is 59.4 Å². The molecule has 1 aliphatic heterocycles. The molecule has 0 bridgehead atoms. The van der Waals surface area contributed by atoms with Crippen LogP contribution in [0.1, 0.15) is 53.4 Å². The summed E-state index contributed by atoms with van der Waals surface area (Å²) in [6.07, 6.45) is 4.29. The fourth-order valence-corrected chi connectivity index (χ4v) is 2.40. The fraction of sp³-hybridized carbons (Fsp3) is 0.929. The Labute approximate surface area is 106 Å². The van der Waals surface area contributed by atoms with Crippen LogP contribution in [0.4, 0.5) is 0 Å². The highest BCUT2D eigenvalue weighted by atomic mass is 16.5. The van der Waals surface area contributed by atoms with Gasteiger partial charge in [0.2, 0.25) is 0 Å². The molecule has 0 aromatic rings. The molecule has 0 aromatic carbocycles. The van der Waals surface area contributed by atoms with Crippen molar-refractivity contribution in [3.63, 3.8) is 0 Å². The molecule has 1 heterocycles. The Balaban J connectivity index is 2.56. The first kappa shape index (κ1) is 14.5. The van der Waals surface area contributed by atoms with E-state index in [2.05, 4.69) is 25.7 Å². The highest BCUT2D eigenvalue weighted by molar-refractivity contribution is 5.75. The van der Waals surface area contributed by atoms with E-state index in [1.54, 1.807) is 0 Å². The zero-order valence-corrected chi connectivity index (χ0v) is 11.8. The largest absolute Gasteiger partial charge is 0.465 e. The van der Waals surface area contributed by atoms with Gasteiger partial charge in [-0.1, -0.05) is 27.2 Å². The normalized spacial score (nSPS) is 22.1. The number of ether oxygens (including phenoxy) is 1.